The van der Waals surface area contributed by atoms with Gasteiger partial charge < -0.3 is 14.5 Å². The van der Waals surface area contributed by atoms with E-state index in [0.29, 0.717) is 34.6 Å². The molecule has 0 bridgehead atoms. The number of aromatic nitrogens is 1. The van der Waals surface area contributed by atoms with E-state index < -0.39 is 12.3 Å². The van der Waals surface area contributed by atoms with Gasteiger partial charge in [0.25, 0.3) is 5.91 Å². The van der Waals surface area contributed by atoms with Crippen molar-refractivity contribution in [2.24, 2.45) is 0 Å². The van der Waals surface area contributed by atoms with Crippen molar-refractivity contribution in [3.05, 3.63) is 45.6 Å². The third kappa shape index (κ3) is 4.01. The molecule has 0 spiro atoms. The summed E-state index contributed by atoms with van der Waals surface area (Å²) >= 11 is 1.52. The molecule has 0 atom stereocenters. The number of alkyl halides is 2. The van der Waals surface area contributed by atoms with Crippen molar-refractivity contribution in [3.8, 4) is 5.75 Å². The maximum atomic E-state index is 12.4. The second-order valence-electron chi connectivity index (χ2n) is 5.78. The van der Waals surface area contributed by atoms with Crippen LogP contribution in [-0.2, 0) is 6.61 Å². The number of rotatable bonds is 7. The minimum Gasteiger partial charge on any atom is -0.488 e. The van der Waals surface area contributed by atoms with Crippen molar-refractivity contribution < 1.29 is 22.7 Å². The number of hydrogen-bond acceptors (Lipinski definition) is 5. The molecule has 0 aliphatic rings. The van der Waals surface area contributed by atoms with Gasteiger partial charge in [-0.3, -0.25) is 4.79 Å². The van der Waals surface area contributed by atoms with Crippen LogP contribution in [0.2, 0.25) is 0 Å². The number of carbonyl (C=O) groups is 1. The van der Waals surface area contributed by atoms with Gasteiger partial charge in [-0.1, -0.05) is 0 Å². The van der Waals surface area contributed by atoms with Gasteiger partial charge in [0.15, 0.2) is 0 Å². The molecule has 0 saturated carbocycles. The topological polar surface area (TPSA) is 64.4 Å². The van der Waals surface area contributed by atoms with Gasteiger partial charge in [0.2, 0.25) is 6.43 Å². The molecule has 1 amide bonds. The van der Waals surface area contributed by atoms with Crippen molar-refractivity contribution in [3.63, 3.8) is 0 Å². The minimum atomic E-state index is -2.45. The zero-order valence-electron chi connectivity index (χ0n) is 14.3. The standard InChI is InChI=1S/C18H18F2N2O3S/c1-10-15(26-9-22-10)8-24-12-3-4-14-13(7-12)17(11(2)25-14)18(23)21-6-5-16(19)20/h3-4,7,9,16H,5-6,8H2,1-2H3,(H,21,23). The first kappa shape index (κ1) is 18.3. The van der Waals surface area contributed by atoms with E-state index in [1.54, 1.807) is 30.6 Å². The lowest BCUT2D eigenvalue weighted by Gasteiger charge is -2.06. The Morgan fingerprint density at radius 1 is 1.38 bits per heavy atom. The van der Waals surface area contributed by atoms with Crippen LogP contribution in [0.5, 0.6) is 5.75 Å². The molecule has 2 heterocycles. The first-order valence-electron chi connectivity index (χ1n) is 8.07. The fourth-order valence-electron chi connectivity index (χ4n) is 2.57. The van der Waals surface area contributed by atoms with E-state index in [0.717, 1.165) is 10.6 Å². The van der Waals surface area contributed by atoms with Crippen LogP contribution in [0.4, 0.5) is 8.78 Å². The lowest BCUT2D eigenvalue weighted by atomic mass is 10.1. The highest BCUT2D eigenvalue weighted by molar-refractivity contribution is 7.09. The lowest BCUT2D eigenvalue weighted by molar-refractivity contribution is 0.0934. The maximum absolute atomic E-state index is 12.4. The van der Waals surface area contributed by atoms with Crippen LogP contribution in [0.1, 0.15) is 33.1 Å². The normalized spacial score (nSPS) is 11.3. The number of hydrogen-bond donors (Lipinski definition) is 1. The number of halogens is 2. The molecule has 2 aromatic heterocycles. The van der Waals surface area contributed by atoms with Crippen LogP contribution in [0.25, 0.3) is 11.0 Å². The molecule has 1 aromatic carbocycles. The fraction of sp³-hybridized carbons (Fsp3) is 0.333. The smallest absolute Gasteiger partial charge is 0.255 e. The van der Waals surface area contributed by atoms with Crippen LogP contribution in [0.15, 0.2) is 28.1 Å². The summed E-state index contributed by atoms with van der Waals surface area (Å²) in [6, 6.07) is 5.22. The van der Waals surface area contributed by atoms with E-state index in [1.165, 1.54) is 11.3 Å². The third-order valence-electron chi connectivity index (χ3n) is 3.93. The van der Waals surface area contributed by atoms with Gasteiger partial charge in [0, 0.05) is 18.4 Å². The molecule has 0 aliphatic carbocycles. The van der Waals surface area contributed by atoms with E-state index in [1.807, 2.05) is 6.92 Å². The largest absolute Gasteiger partial charge is 0.488 e. The van der Waals surface area contributed by atoms with Gasteiger partial charge in [0.05, 0.1) is 21.6 Å². The first-order valence-corrected chi connectivity index (χ1v) is 8.95. The number of nitrogens with zero attached hydrogens (tertiary/aromatic N) is 1. The Labute approximate surface area is 153 Å². The van der Waals surface area contributed by atoms with Crippen LogP contribution in [0, 0.1) is 13.8 Å². The highest BCUT2D eigenvalue weighted by Gasteiger charge is 2.19. The monoisotopic (exact) mass is 380 g/mol. The summed E-state index contributed by atoms with van der Waals surface area (Å²) in [6.07, 6.45) is -2.84. The van der Waals surface area contributed by atoms with Gasteiger partial charge in [0.1, 0.15) is 23.7 Å². The highest BCUT2D eigenvalue weighted by atomic mass is 32.1. The number of aryl methyl sites for hydroxylation is 2. The summed E-state index contributed by atoms with van der Waals surface area (Å²) < 4.78 is 35.9. The number of nitrogens with one attached hydrogen (secondary N) is 1. The van der Waals surface area contributed by atoms with Crippen LogP contribution in [-0.4, -0.2) is 23.9 Å². The number of amides is 1. The number of benzene rings is 1. The summed E-state index contributed by atoms with van der Waals surface area (Å²) in [4.78, 5) is 17.6. The van der Waals surface area contributed by atoms with Crippen molar-refractivity contribution in [2.45, 2.75) is 33.3 Å². The van der Waals surface area contributed by atoms with E-state index >= 15 is 0 Å². The molecular formula is C18H18F2N2O3S. The molecule has 0 unspecified atom stereocenters. The molecule has 3 rings (SSSR count). The Morgan fingerprint density at radius 2 is 2.19 bits per heavy atom. The van der Waals surface area contributed by atoms with Crippen molar-refractivity contribution in [2.75, 3.05) is 6.54 Å². The second-order valence-corrected chi connectivity index (χ2v) is 6.72. The predicted octanol–water partition coefficient (Wildman–Crippen LogP) is 4.47. The number of thiazole rings is 1. The predicted molar refractivity (Wildman–Crippen MR) is 95.1 cm³/mol. The third-order valence-corrected chi connectivity index (χ3v) is 4.83. The summed E-state index contributed by atoms with van der Waals surface area (Å²) in [5, 5.41) is 3.10. The van der Waals surface area contributed by atoms with Gasteiger partial charge in [-0.25, -0.2) is 13.8 Å². The number of furan rings is 1. The van der Waals surface area contributed by atoms with Crippen molar-refractivity contribution in [1.82, 2.24) is 10.3 Å². The molecule has 5 nitrogen and oxygen atoms in total. The SMILES string of the molecule is Cc1ncsc1COc1ccc2oc(C)c(C(=O)NCCC(F)F)c2c1. The fourth-order valence-corrected chi connectivity index (χ4v) is 3.26. The van der Waals surface area contributed by atoms with Crippen molar-refractivity contribution in [1.29, 1.82) is 0 Å². The molecule has 0 radical (unpaired) electrons. The van der Waals surface area contributed by atoms with E-state index in [9.17, 15) is 13.6 Å². The molecule has 26 heavy (non-hydrogen) atoms. The molecule has 0 fully saturated rings. The molecule has 138 valence electrons. The lowest BCUT2D eigenvalue weighted by Crippen LogP contribution is -2.26. The number of fused-ring (bicyclic) bond motifs is 1. The van der Waals surface area contributed by atoms with Gasteiger partial charge in [-0.2, -0.15) is 0 Å². The highest BCUT2D eigenvalue weighted by Crippen LogP contribution is 2.29. The maximum Gasteiger partial charge on any atom is 0.255 e. The molecular weight excluding hydrogens is 362 g/mol. The minimum absolute atomic E-state index is 0.0938. The molecule has 0 saturated heterocycles. The molecule has 0 aliphatic heterocycles. The van der Waals surface area contributed by atoms with Crippen LogP contribution < -0.4 is 10.1 Å². The van der Waals surface area contributed by atoms with Gasteiger partial charge in [-0.15, -0.1) is 11.3 Å². The Hall–Kier alpha value is -2.48. The molecule has 8 heteroatoms. The Kier molecular flexibility index (Phi) is 5.51. The van der Waals surface area contributed by atoms with Crippen LogP contribution >= 0.6 is 11.3 Å². The van der Waals surface area contributed by atoms with E-state index in [-0.39, 0.29) is 13.0 Å². The van der Waals surface area contributed by atoms with Crippen LogP contribution in [0.3, 0.4) is 0 Å². The quantitative estimate of drug-likeness (QED) is 0.657. The van der Waals surface area contributed by atoms with Crippen molar-refractivity contribution >= 4 is 28.2 Å². The number of ether oxygens (including phenoxy) is 1. The average Bonchev–Trinajstić information content (AvgIpc) is 3.14. The first-order chi connectivity index (χ1) is 12.5. The Balaban J connectivity index is 1.79. The average molecular weight is 380 g/mol. The molecule has 3 aromatic rings. The van der Waals surface area contributed by atoms with Gasteiger partial charge in [-0.05, 0) is 32.0 Å². The zero-order valence-corrected chi connectivity index (χ0v) is 15.2. The van der Waals surface area contributed by atoms with E-state index in [2.05, 4.69) is 10.3 Å². The summed E-state index contributed by atoms with van der Waals surface area (Å²) in [6.45, 7) is 3.88. The molecule has 1 N–H and O–H groups in total. The van der Waals surface area contributed by atoms with E-state index in [4.69, 9.17) is 9.15 Å². The zero-order chi connectivity index (χ0) is 18.7. The Morgan fingerprint density at radius 3 is 2.88 bits per heavy atom. The van der Waals surface area contributed by atoms with Gasteiger partial charge >= 0.3 is 0 Å². The second kappa shape index (κ2) is 7.82. The number of carbonyl (C=O) groups excluding carboxylic acids is 1. The summed E-state index contributed by atoms with van der Waals surface area (Å²) in [7, 11) is 0. The Bertz CT molecular complexity index is 920. The summed E-state index contributed by atoms with van der Waals surface area (Å²) in [5.41, 5.74) is 3.57. The summed E-state index contributed by atoms with van der Waals surface area (Å²) in [5.74, 6) is 0.593.